The van der Waals surface area contributed by atoms with Gasteiger partial charge in [0.2, 0.25) is 0 Å². The van der Waals surface area contributed by atoms with Crippen LogP contribution in [-0.4, -0.2) is 16.3 Å². The monoisotopic (exact) mass is 249 g/mol. The third kappa shape index (κ3) is 2.08. The molecule has 74 valence electrons. The molecule has 0 fully saturated rings. The molecule has 0 spiro atoms. The van der Waals surface area contributed by atoms with E-state index in [1.165, 1.54) is 0 Å². The smallest absolute Gasteiger partial charge is 0.155 e. The fourth-order valence-electron chi connectivity index (χ4n) is 1.17. The highest BCUT2D eigenvalue weighted by Crippen LogP contribution is 2.27. The number of rotatable bonds is 3. The number of nitrogens with zero attached hydrogens (tertiary/aromatic N) is 2. The summed E-state index contributed by atoms with van der Waals surface area (Å²) in [5.74, 6) is 0. The van der Waals surface area contributed by atoms with E-state index in [0.717, 1.165) is 0 Å². The summed E-state index contributed by atoms with van der Waals surface area (Å²) >= 11 is 3.25. The average Bonchev–Trinajstić information content (AvgIpc) is 2.46. The third-order valence-electron chi connectivity index (χ3n) is 1.78. The van der Waals surface area contributed by atoms with Crippen molar-refractivity contribution in [3.8, 4) is 0 Å². The van der Waals surface area contributed by atoms with Gasteiger partial charge in [0, 0.05) is 12.6 Å². The number of hydrogen-bond acceptors (Lipinski definition) is 2. The molecule has 0 aromatic carbocycles. The summed E-state index contributed by atoms with van der Waals surface area (Å²) in [5, 5.41) is 4.06. The Morgan fingerprint density at radius 3 is 2.77 bits per heavy atom. The normalized spacial score (nSPS) is 13.7. The first kappa shape index (κ1) is 10.7. The van der Waals surface area contributed by atoms with E-state index < -0.39 is 6.17 Å². The molecule has 0 saturated carbocycles. The van der Waals surface area contributed by atoms with E-state index in [-0.39, 0.29) is 12.6 Å². The lowest BCUT2D eigenvalue weighted by molar-refractivity contribution is 0.319. The molecule has 1 heterocycles. The van der Waals surface area contributed by atoms with Crippen LogP contribution < -0.4 is 5.73 Å². The van der Waals surface area contributed by atoms with Gasteiger partial charge in [0.1, 0.15) is 0 Å². The van der Waals surface area contributed by atoms with Crippen LogP contribution in [0.25, 0.3) is 0 Å². The molecule has 0 radical (unpaired) electrons. The fourth-order valence-corrected chi connectivity index (χ4v) is 1.69. The molecular weight excluding hydrogens is 237 g/mol. The van der Waals surface area contributed by atoms with Gasteiger partial charge in [-0.05, 0) is 29.8 Å². The van der Waals surface area contributed by atoms with E-state index >= 15 is 0 Å². The summed E-state index contributed by atoms with van der Waals surface area (Å²) in [5.41, 5.74) is 5.79. The highest BCUT2D eigenvalue weighted by molar-refractivity contribution is 9.10. The van der Waals surface area contributed by atoms with E-state index in [2.05, 4.69) is 21.0 Å². The zero-order valence-electron chi connectivity index (χ0n) is 7.67. The molecular formula is C8H13BrFN3. The zero-order valence-corrected chi connectivity index (χ0v) is 9.25. The second-order valence-electron chi connectivity index (χ2n) is 3.12. The van der Waals surface area contributed by atoms with Crippen molar-refractivity contribution in [3.05, 3.63) is 16.4 Å². The van der Waals surface area contributed by atoms with Crippen molar-refractivity contribution < 1.29 is 4.39 Å². The van der Waals surface area contributed by atoms with Gasteiger partial charge in [-0.1, -0.05) is 0 Å². The molecule has 1 unspecified atom stereocenters. The van der Waals surface area contributed by atoms with Crippen LogP contribution in [0.2, 0.25) is 0 Å². The molecule has 0 bridgehead atoms. The Labute approximate surface area is 85.2 Å². The molecule has 1 rings (SSSR count). The van der Waals surface area contributed by atoms with Gasteiger partial charge >= 0.3 is 0 Å². The zero-order chi connectivity index (χ0) is 10.0. The second kappa shape index (κ2) is 4.19. The van der Waals surface area contributed by atoms with Crippen molar-refractivity contribution in [2.24, 2.45) is 5.73 Å². The van der Waals surface area contributed by atoms with Gasteiger partial charge in [-0.3, -0.25) is 4.68 Å². The van der Waals surface area contributed by atoms with Gasteiger partial charge in [0.25, 0.3) is 0 Å². The predicted octanol–water partition coefficient (Wildman–Crippen LogP) is 2.20. The molecule has 3 nitrogen and oxygen atoms in total. The van der Waals surface area contributed by atoms with Crippen LogP contribution in [-0.2, 0) is 0 Å². The van der Waals surface area contributed by atoms with E-state index in [4.69, 9.17) is 5.73 Å². The Balaban J connectivity index is 3.08. The van der Waals surface area contributed by atoms with Gasteiger partial charge in [0.05, 0.1) is 16.4 Å². The first-order valence-electron chi connectivity index (χ1n) is 4.15. The number of nitrogens with two attached hydrogens (primary N) is 1. The van der Waals surface area contributed by atoms with Crippen LogP contribution in [0.1, 0.15) is 31.8 Å². The summed E-state index contributed by atoms with van der Waals surface area (Å²) in [7, 11) is 0. The van der Waals surface area contributed by atoms with Crippen molar-refractivity contribution >= 4 is 15.9 Å². The van der Waals surface area contributed by atoms with Crippen LogP contribution in [0.3, 0.4) is 0 Å². The molecule has 13 heavy (non-hydrogen) atoms. The van der Waals surface area contributed by atoms with Gasteiger partial charge < -0.3 is 5.73 Å². The minimum Gasteiger partial charge on any atom is -0.327 e. The van der Waals surface area contributed by atoms with E-state index in [0.29, 0.717) is 10.2 Å². The Morgan fingerprint density at radius 2 is 2.31 bits per heavy atom. The van der Waals surface area contributed by atoms with Gasteiger partial charge in [-0.25, -0.2) is 4.39 Å². The highest BCUT2D eigenvalue weighted by Gasteiger charge is 2.19. The minimum absolute atomic E-state index is 0.0169. The van der Waals surface area contributed by atoms with Crippen LogP contribution >= 0.6 is 15.9 Å². The lowest BCUT2D eigenvalue weighted by atomic mass is 10.2. The Morgan fingerprint density at radius 1 is 1.69 bits per heavy atom. The number of aromatic nitrogens is 2. The van der Waals surface area contributed by atoms with Crippen LogP contribution in [0, 0.1) is 0 Å². The maximum Gasteiger partial charge on any atom is 0.155 e. The molecule has 0 aliphatic rings. The molecule has 1 aromatic rings. The van der Waals surface area contributed by atoms with Crippen LogP contribution in [0.15, 0.2) is 10.7 Å². The van der Waals surface area contributed by atoms with Crippen molar-refractivity contribution in [3.63, 3.8) is 0 Å². The topological polar surface area (TPSA) is 43.8 Å². The summed E-state index contributed by atoms with van der Waals surface area (Å²) in [6.07, 6.45) is 0.441. The van der Waals surface area contributed by atoms with Crippen molar-refractivity contribution in [1.29, 1.82) is 0 Å². The van der Waals surface area contributed by atoms with Crippen molar-refractivity contribution in [2.75, 3.05) is 6.54 Å². The van der Waals surface area contributed by atoms with Crippen molar-refractivity contribution in [1.82, 2.24) is 9.78 Å². The SMILES string of the molecule is CC(C)n1ncc(Br)c1C(F)CN. The molecule has 0 amide bonds. The molecule has 0 aliphatic carbocycles. The van der Waals surface area contributed by atoms with Gasteiger partial charge in [-0.2, -0.15) is 5.10 Å². The fraction of sp³-hybridized carbons (Fsp3) is 0.625. The second-order valence-corrected chi connectivity index (χ2v) is 3.97. The van der Waals surface area contributed by atoms with Crippen LogP contribution in [0.4, 0.5) is 4.39 Å². The molecule has 2 N–H and O–H groups in total. The summed E-state index contributed by atoms with van der Waals surface area (Å²) in [6.45, 7) is 3.88. The maximum absolute atomic E-state index is 13.4. The Kier molecular flexibility index (Phi) is 3.44. The maximum atomic E-state index is 13.4. The highest BCUT2D eigenvalue weighted by atomic mass is 79.9. The molecule has 1 aromatic heterocycles. The van der Waals surface area contributed by atoms with Gasteiger partial charge in [-0.15, -0.1) is 0 Å². The molecule has 0 saturated heterocycles. The predicted molar refractivity (Wildman–Crippen MR) is 53.2 cm³/mol. The lowest BCUT2D eigenvalue weighted by Gasteiger charge is -2.13. The first-order valence-corrected chi connectivity index (χ1v) is 4.94. The largest absolute Gasteiger partial charge is 0.327 e. The number of hydrogen-bond donors (Lipinski definition) is 1. The Bertz CT molecular complexity index is 285. The van der Waals surface area contributed by atoms with Crippen LogP contribution in [0.5, 0.6) is 0 Å². The van der Waals surface area contributed by atoms with Crippen molar-refractivity contribution in [2.45, 2.75) is 26.1 Å². The third-order valence-corrected chi connectivity index (χ3v) is 2.39. The van der Waals surface area contributed by atoms with Gasteiger partial charge in [0.15, 0.2) is 6.17 Å². The summed E-state index contributed by atoms with van der Waals surface area (Å²) in [6, 6.07) is 0.145. The standard InChI is InChI=1S/C8H13BrFN3/c1-5(2)13-8(7(10)3-11)6(9)4-12-13/h4-5,7H,3,11H2,1-2H3. The van der Waals surface area contributed by atoms with E-state index in [9.17, 15) is 4.39 Å². The first-order chi connectivity index (χ1) is 6.07. The summed E-state index contributed by atoms with van der Waals surface area (Å²) in [4.78, 5) is 0. The Hall–Kier alpha value is -0.420. The molecule has 0 aliphatic heterocycles. The molecule has 5 heteroatoms. The number of halogens is 2. The number of alkyl halides is 1. The summed E-state index contributed by atoms with van der Waals surface area (Å²) < 4.78 is 15.7. The average molecular weight is 250 g/mol. The van der Waals surface area contributed by atoms with E-state index in [1.54, 1.807) is 10.9 Å². The van der Waals surface area contributed by atoms with E-state index in [1.807, 2.05) is 13.8 Å². The quantitative estimate of drug-likeness (QED) is 0.893. The minimum atomic E-state index is -1.15. The lowest BCUT2D eigenvalue weighted by Crippen LogP contribution is -2.15. The molecule has 1 atom stereocenters.